The molecule has 0 saturated carbocycles. The van der Waals surface area contributed by atoms with Gasteiger partial charge in [-0.2, -0.15) is 0 Å². The molecule has 0 heterocycles. The Kier molecular flexibility index (Phi) is 9.97. The van der Waals surface area contributed by atoms with Crippen LogP contribution in [0.4, 0.5) is 5.69 Å². The molecule has 0 aliphatic heterocycles. The van der Waals surface area contributed by atoms with Crippen molar-refractivity contribution in [3.63, 3.8) is 0 Å². The van der Waals surface area contributed by atoms with E-state index in [9.17, 15) is 0 Å². The summed E-state index contributed by atoms with van der Waals surface area (Å²) in [4.78, 5) is 4.10. The Morgan fingerprint density at radius 1 is 1.20 bits per heavy atom. The van der Waals surface area contributed by atoms with Crippen LogP contribution < -0.4 is 0 Å². The minimum atomic E-state index is 0. The first kappa shape index (κ1) is 20.9. The Hall–Kier alpha value is -1.37. The van der Waals surface area contributed by atoms with Gasteiger partial charge in [0.15, 0.2) is 0 Å². The predicted molar refractivity (Wildman–Crippen MR) is 96.5 cm³/mol. The SMILES string of the molecule is C.C=Cc1cc(CCC)c(C(C)(C)C)cc1N=C.CC. The minimum absolute atomic E-state index is 0. The van der Waals surface area contributed by atoms with Crippen LogP contribution in [-0.4, -0.2) is 6.72 Å². The molecule has 1 heteroatoms. The first-order valence-corrected chi connectivity index (χ1v) is 7.20. The molecule has 0 N–H and O–H groups in total. The Balaban J connectivity index is 0. The third-order valence-electron chi connectivity index (χ3n) is 2.97. The van der Waals surface area contributed by atoms with Crippen molar-refractivity contribution in [2.24, 2.45) is 4.99 Å². The van der Waals surface area contributed by atoms with Crippen LogP contribution in [0.25, 0.3) is 6.08 Å². The number of benzene rings is 1. The summed E-state index contributed by atoms with van der Waals surface area (Å²) in [6.45, 7) is 20.4. The standard InChI is InChI=1S/C16H23N.C2H6.CH4/c1-7-9-13-10-12(8-2)15(17-6)11-14(13)16(3,4)5;1-2;/h8,10-11H,2,6-7,9H2,1,3-5H3;1-2H3;1H4. The molecule has 0 radical (unpaired) electrons. The van der Waals surface area contributed by atoms with Gasteiger partial charge in [-0.15, -0.1) is 0 Å². The second-order valence-corrected chi connectivity index (χ2v) is 5.43. The van der Waals surface area contributed by atoms with E-state index in [1.807, 2.05) is 19.9 Å². The highest BCUT2D eigenvalue weighted by molar-refractivity contribution is 5.67. The maximum absolute atomic E-state index is 4.10. The van der Waals surface area contributed by atoms with Gasteiger partial charge < -0.3 is 0 Å². The molecular weight excluding hydrogens is 242 g/mol. The number of hydrogen-bond acceptors (Lipinski definition) is 1. The number of nitrogens with zero attached hydrogens (tertiary/aromatic N) is 1. The van der Waals surface area contributed by atoms with Crippen molar-refractivity contribution in [1.29, 1.82) is 0 Å². The summed E-state index contributed by atoms with van der Waals surface area (Å²) in [5.74, 6) is 0. The molecule has 0 spiro atoms. The molecule has 0 amide bonds. The number of aliphatic imine (C=N–C) groups is 1. The van der Waals surface area contributed by atoms with E-state index in [0.717, 1.165) is 24.1 Å². The molecule has 0 atom stereocenters. The van der Waals surface area contributed by atoms with E-state index in [0.29, 0.717) is 0 Å². The fourth-order valence-electron chi connectivity index (χ4n) is 2.13. The monoisotopic (exact) mass is 275 g/mol. The lowest BCUT2D eigenvalue weighted by Crippen LogP contribution is -2.14. The summed E-state index contributed by atoms with van der Waals surface area (Å²) in [5.41, 5.74) is 4.93. The molecule has 0 aliphatic carbocycles. The molecule has 1 aromatic rings. The number of rotatable bonds is 4. The van der Waals surface area contributed by atoms with E-state index in [2.05, 4.69) is 58.1 Å². The second kappa shape index (κ2) is 9.52. The Labute approximate surface area is 126 Å². The molecule has 0 fully saturated rings. The van der Waals surface area contributed by atoms with Gasteiger partial charge in [0.1, 0.15) is 0 Å². The fraction of sp³-hybridized carbons (Fsp3) is 0.526. The normalized spacial score (nSPS) is 9.90. The fourth-order valence-corrected chi connectivity index (χ4v) is 2.13. The van der Waals surface area contributed by atoms with Crippen LogP contribution in [-0.2, 0) is 11.8 Å². The van der Waals surface area contributed by atoms with Gasteiger partial charge in [-0.3, -0.25) is 4.99 Å². The van der Waals surface area contributed by atoms with E-state index in [-0.39, 0.29) is 12.8 Å². The molecule has 0 saturated heterocycles. The number of aryl methyl sites for hydroxylation is 1. The van der Waals surface area contributed by atoms with Crippen molar-refractivity contribution in [2.45, 2.75) is 67.2 Å². The Morgan fingerprint density at radius 3 is 2.10 bits per heavy atom. The van der Waals surface area contributed by atoms with Gasteiger partial charge in [0, 0.05) is 0 Å². The molecule has 0 bridgehead atoms. The van der Waals surface area contributed by atoms with Crippen molar-refractivity contribution >= 4 is 18.5 Å². The quantitative estimate of drug-likeness (QED) is 0.551. The number of hydrogen-bond donors (Lipinski definition) is 0. The highest BCUT2D eigenvalue weighted by Crippen LogP contribution is 2.33. The van der Waals surface area contributed by atoms with E-state index < -0.39 is 0 Å². The maximum Gasteiger partial charge on any atom is 0.0697 e. The van der Waals surface area contributed by atoms with Crippen molar-refractivity contribution in [2.75, 3.05) is 0 Å². The van der Waals surface area contributed by atoms with E-state index >= 15 is 0 Å². The summed E-state index contributed by atoms with van der Waals surface area (Å²) in [6.07, 6.45) is 4.11. The zero-order chi connectivity index (χ0) is 15.1. The highest BCUT2D eigenvalue weighted by atomic mass is 14.7. The lowest BCUT2D eigenvalue weighted by Gasteiger charge is -2.24. The average molecular weight is 275 g/mol. The largest absolute Gasteiger partial charge is 0.264 e. The molecule has 0 unspecified atom stereocenters. The van der Waals surface area contributed by atoms with Crippen LogP contribution in [0.1, 0.15) is 72.1 Å². The third-order valence-corrected chi connectivity index (χ3v) is 2.97. The summed E-state index contributed by atoms with van der Waals surface area (Å²) < 4.78 is 0. The average Bonchev–Trinajstić information content (AvgIpc) is 2.39. The van der Waals surface area contributed by atoms with Gasteiger partial charge in [-0.05, 0) is 47.4 Å². The smallest absolute Gasteiger partial charge is 0.0697 e. The van der Waals surface area contributed by atoms with E-state index in [1.165, 1.54) is 11.1 Å². The molecule has 1 aromatic carbocycles. The lowest BCUT2D eigenvalue weighted by molar-refractivity contribution is 0.581. The van der Waals surface area contributed by atoms with Gasteiger partial charge in [-0.1, -0.05) is 68.0 Å². The maximum atomic E-state index is 4.10. The van der Waals surface area contributed by atoms with Gasteiger partial charge >= 0.3 is 0 Å². The van der Waals surface area contributed by atoms with Gasteiger partial charge in [-0.25, -0.2) is 0 Å². The van der Waals surface area contributed by atoms with Crippen LogP contribution >= 0.6 is 0 Å². The van der Waals surface area contributed by atoms with E-state index in [1.54, 1.807) is 0 Å². The first-order valence-electron chi connectivity index (χ1n) is 7.20. The Bertz CT molecular complexity index is 422. The van der Waals surface area contributed by atoms with Crippen LogP contribution in [0.5, 0.6) is 0 Å². The summed E-state index contributed by atoms with van der Waals surface area (Å²) in [5, 5.41) is 0. The van der Waals surface area contributed by atoms with Gasteiger partial charge in [0.2, 0.25) is 0 Å². The van der Waals surface area contributed by atoms with Crippen LogP contribution in [0, 0.1) is 0 Å². The molecule has 20 heavy (non-hydrogen) atoms. The summed E-state index contributed by atoms with van der Waals surface area (Å²) >= 11 is 0. The van der Waals surface area contributed by atoms with Gasteiger partial charge in [0.25, 0.3) is 0 Å². The molecule has 114 valence electrons. The van der Waals surface area contributed by atoms with Crippen molar-refractivity contribution in [3.05, 3.63) is 35.4 Å². The summed E-state index contributed by atoms with van der Waals surface area (Å²) in [7, 11) is 0. The second-order valence-electron chi connectivity index (χ2n) is 5.43. The molecular formula is C19H33N. The molecule has 0 aliphatic rings. The van der Waals surface area contributed by atoms with Crippen LogP contribution in [0.3, 0.4) is 0 Å². The predicted octanol–water partition coefficient (Wildman–Crippen LogP) is 6.57. The van der Waals surface area contributed by atoms with Crippen molar-refractivity contribution in [3.8, 4) is 0 Å². The molecule has 1 nitrogen and oxygen atoms in total. The highest BCUT2D eigenvalue weighted by Gasteiger charge is 2.19. The zero-order valence-corrected chi connectivity index (χ0v) is 13.5. The van der Waals surface area contributed by atoms with Gasteiger partial charge in [0.05, 0.1) is 5.69 Å². The van der Waals surface area contributed by atoms with Crippen molar-refractivity contribution in [1.82, 2.24) is 0 Å². The zero-order valence-electron chi connectivity index (χ0n) is 13.5. The topological polar surface area (TPSA) is 12.4 Å². The minimum Gasteiger partial charge on any atom is -0.264 e. The Morgan fingerprint density at radius 2 is 1.75 bits per heavy atom. The third kappa shape index (κ3) is 5.32. The molecule has 1 rings (SSSR count). The lowest BCUT2D eigenvalue weighted by atomic mass is 9.81. The summed E-state index contributed by atoms with van der Waals surface area (Å²) in [6, 6.07) is 4.37. The van der Waals surface area contributed by atoms with Crippen LogP contribution in [0.2, 0.25) is 0 Å². The van der Waals surface area contributed by atoms with E-state index in [4.69, 9.17) is 0 Å². The van der Waals surface area contributed by atoms with Crippen molar-refractivity contribution < 1.29 is 0 Å². The first-order chi connectivity index (χ1) is 8.93. The molecule has 0 aromatic heterocycles. The van der Waals surface area contributed by atoms with Crippen LogP contribution in [0.15, 0.2) is 23.7 Å².